The van der Waals surface area contributed by atoms with Gasteiger partial charge in [0.15, 0.2) is 0 Å². The number of rotatable bonds is 2. The molecule has 1 heterocycles. The van der Waals surface area contributed by atoms with Crippen molar-refractivity contribution in [1.29, 1.82) is 0 Å². The fourth-order valence-corrected chi connectivity index (χ4v) is 2.33. The van der Waals surface area contributed by atoms with Crippen LogP contribution >= 0.6 is 0 Å². The van der Waals surface area contributed by atoms with Gasteiger partial charge in [-0.05, 0) is 23.8 Å². The Balaban J connectivity index is 2.68. The fraction of sp³-hybridized carbons (Fsp3) is 0.900. The van der Waals surface area contributed by atoms with E-state index in [0.29, 0.717) is 18.3 Å². The minimum Gasteiger partial charge on any atom is -0.481 e. The van der Waals surface area contributed by atoms with E-state index in [2.05, 4.69) is 26.1 Å². The van der Waals surface area contributed by atoms with Crippen LogP contribution in [0.1, 0.15) is 27.2 Å². The quantitative estimate of drug-likeness (QED) is 0.682. The normalized spacial score (nSPS) is 32.8. The smallest absolute Gasteiger partial charge is 0.303 e. The molecule has 0 saturated carbocycles. The van der Waals surface area contributed by atoms with E-state index in [1.165, 1.54) is 0 Å². The summed E-state index contributed by atoms with van der Waals surface area (Å²) in [6.07, 6.45) is 0.301. The van der Waals surface area contributed by atoms with E-state index >= 15 is 0 Å². The number of aliphatic carboxylic acids is 1. The van der Waals surface area contributed by atoms with Gasteiger partial charge in [0.25, 0.3) is 0 Å². The molecule has 0 aromatic rings. The second-order valence-corrected chi connectivity index (χ2v) is 4.80. The van der Waals surface area contributed by atoms with Gasteiger partial charge in [0.05, 0.1) is 0 Å². The van der Waals surface area contributed by atoms with Crippen LogP contribution in [-0.4, -0.2) is 24.2 Å². The van der Waals surface area contributed by atoms with Gasteiger partial charge in [-0.3, -0.25) is 4.79 Å². The van der Waals surface area contributed by atoms with Gasteiger partial charge in [-0.25, -0.2) is 0 Å². The molecule has 0 aliphatic carbocycles. The van der Waals surface area contributed by atoms with Crippen molar-refractivity contribution in [3.63, 3.8) is 0 Å². The third-order valence-electron chi connectivity index (χ3n) is 3.13. The molecule has 13 heavy (non-hydrogen) atoms. The molecule has 1 saturated heterocycles. The van der Waals surface area contributed by atoms with Crippen molar-refractivity contribution in [2.45, 2.75) is 27.2 Å². The molecule has 3 heteroatoms. The van der Waals surface area contributed by atoms with Crippen LogP contribution in [0, 0.1) is 17.3 Å². The molecular weight excluding hydrogens is 166 g/mol. The summed E-state index contributed by atoms with van der Waals surface area (Å²) in [4.78, 5) is 10.7. The molecule has 1 aliphatic rings. The van der Waals surface area contributed by atoms with E-state index < -0.39 is 5.97 Å². The van der Waals surface area contributed by atoms with Gasteiger partial charge in [0, 0.05) is 13.0 Å². The van der Waals surface area contributed by atoms with E-state index in [1.54, 1.807) is 0 Å². The van der Waals surface area contributed by atoms with Crippen molar-refractivity contribution in [3.05, 3.63) is 0 Å². The number of carboxylic acid groups (broad SMARTS) is 1. The minimum atomic E-state index is -0.674. The Labute approximate surface area is 79.5 Å². The van der Waals surface area contributed by atoms with Gasteiger partial charge in [-0.15, -0.1) is 0 Å². The molecule has 0 bridgehead atoms. The summed E-state index contributed by atoms with van der Waals surface area (Å²) in [5.41, 5.74) is 0.107. The summed E-state index contributed by atoms with van der Waals surface area (Å²) in [6.45, 7) is 8.28. The maximum atomic E-state index is 10.7. The molecule has 2 unspecified atom stereocenters. The van der Waals surface area contributed by atoms with Crippen LogP contribution < -0.4 is 5.32 Å². The van der Waals surface area contributed by atoms with Gasteiger partial charge in [-0.1, -0.05) is 20.8 Å². The fourth-order valence-electron chi connectivity index (χ4n) is 2.33. The standard InChI is InChI=1S/C10H19NO2/c1-7-5-11-6-10(2,3)8(7)4-9(12)13/h7-8,11H,4-6H2,1-3H3,(H,12,13). The first kappa shape index (κ1) is 10.5. The van der Waals surface area contributed by atoms with Crippen LogP contribution in [0.4, 0.5) is 0 Å². The van der Waals surface area contributed by atoms with E-state index in [-0.39, 0.29) is 5.41 Å². The van der Waals surface area contributed by atoms with Crippen molar-refractivity contribution in [2.24, 2.45) is 17.3 Å². The maximum absolute atomic E-state index is 10.7. The van der Waals surface area contributed by atoms with E-state index in [9.17, 15) is 4.79 Å². The zero-order valence-corrected chi connectivity index (χ0v) is 8.63. The number of hydrogen-bond acceptors (Lipinski definition) is 2. The second kappa shape index (κ2) is 3.66. The monoisotopic (exact) mass is 185 g/mol. The molecule has 1 fully saturated rings. The second-order valence-electron chi connectivity index (χ2n) is 4.80. The van der Waals surface area contributed by atoms with Gasteiger partial charge < -0.3 is 10.4 Å². The van der Waals surface area contributed by atoms with E-state index in [4.69, 9.17) is 5.11 Å². The predicted molar refractivity (Wildman–Crippen MR) is 51.6 cm³/mol. The highest BCUT2D eigenvalue weighted by Gasteiger charge is 2.37. The average molecular weight is 185 g/mol. The summed E-state index contributed by atoms with van der Waals surface area (Å²) in [6, 6.07) is 0. The van der Waals surface area contributed by atoms with Crippen molar-refractivity contribution >= 4 is 5.97 Å². The van der Waals surface area contributed by atoms with Crippen LogP contribution in [0.25, 0.3) is 0 Å². The minimum absolute atomic E-state index is 0.107. The molecule has 2 atom stereocenters. The molecule has 0 aromatic heterocycles. The summed E-state index contributed by atoms with van der Waals surface area (Å²) < 4.78 is 0. The van der Waals surface area contributed by atoms with Crippen LogP contribution in [0.3, 0.4) is 0 Å². The molecule has 3 nitrogen and oxygen atoms in total. The van der Waals surface area contributed by atoms with Gasteiger partial charge in [0.1, 0.15) is 0 Å². The molecule has 1 aliphatic heterocycles. The lowest BCUT2D eigenvalue weighted by atomic mass is 9.68. The topological polar surface area (TPSA) is 49.3 Å². The Kier molecular flexibility index (Phi) is 2.96. The third-order valence-corrected chi connectivity index (χ3v) is 3.13. The highest BCUT2D eigenvalue weighted by atomic mass is 16.4. The largest absolute Gasteiger partial charge is 0.481 e. The Morgan fingerprint density at radius 1 is 1.62 bits per heavy atom. The van der Waals surface area contributed by atoms with Crippen LogP contribution in [0.15, 0.2) is 0 Å². The highest BCUT2D eigenvalue weighted by molar-refractivity contribution is 5.67. The Morgan fingerprint density at radius 2 is 2.23 bits per heavy atom. The van der Waals surface area contributed by atoms with Gasteiger partial charge in [0.2, 0.25) is 0 Å². The number of nitrogens with one attached hydrogen (secondary N) is 1. The molecule has 0 spiro atoms. The molecule has 0 amide bonds. The zero-order valence-electron chi connectivity index (χ0n) is 8.63. The first-order valence-corrected chi connectivity index (χ1v) is 4.86. The molecule has 0 radical (unpaired) electrons. The molecule has 76 valence electrons. The van der Waals surface area contributed by atoms with Crippen molar-refractivity contribution < 1.29 is 9.90 Å². The van der Waals surface area contributed by atoms with Crippen molar-refractivity contribution in [2.75, 3.05) is 13.1 Å². The number of carbonyl (C=O) groups is 1. The summed E-state index contributed by atoms with van der Waals surface area (Å²) in [7, 11) is 0. The zero-order chi connectivity index (χ0) is 10.1. The summed E-state index contributed by atoms with van der Waals surface area (Å²) in [5.74, 6) is 0.0814. The molecule has 1 rings (SSSR count). The van der Waals surface area contributed by atoms with E-state index in [1.807, 2.05) is 0 Å². The SMILES string of the molecule is CC1CNCC(C)(C)C1CC(=O)O. The molecule has 0 aromatic carbocycles. The van der Waals surface area contributed by atoms with Gasteiger partial charge >= 0.3 is 5.97 Å². The molecular formula is C10H19NO2. The molecule has 2 N–H and O–H groups in total. The number of hydrogen-bond donors (Lipinski definition) is 2. The Morgan fingerprint density at radius 3 is 2.69 bits per heavy atom. The van der Waals surface area contributed by atoms with Gasteiger partial charge in [-0.2, -0.15) is 0 Å². The van der Waals surface area contributed by atoms with Crippen LogP contribution in [0.5, 0.6) is 0 Å². The maximum Gasteiger partial charge on any atom is 0.303 e. The van der Waals surface area contributed by atoms with Crippen molar-refractivity contribution in [3.8, 4) is 0 Å². The lowest BCUT2D eigenvalue weighted by Gasteiger charge is -2.42. The Bertz CT molecular complexity index is 201. The first-order chi connectivity index (χ1) is 5.93. The number of carboxylic acids is 1. The third kappa shape index (κ3) is 2.44. The van der Waals surface area contributed by atoms with Crippen LogP contribution in [-0.2, 0) is 4.79 Å². The van der Waals surface area contributed by atoms with Crippen molar-refractivity contribution in [1.82, 2.24) is 5.32 Å². The predicted octanol–water partition coefficient (Wildman–Crippen LogP) is 1.34. The Hall–Kier alpha value is -0.570. The lowest BCUT2D eigenvalue weighted by Crippen LogP contribution is -2.48. The van der Waals surface area contributed by atoms with Crippen LogP contribution in [0.2, 0.25) is 0 Å². The average Bonchev–Trinajstić information content (AvgIpc) is 1.96. The lowest BCUT2D eigenvalue weighted by molar-refractivity contribution is -0.140. The number of piperidine rings is 1. The summed E-state index contributed by atoms with van der Waals surface area (Å²) >= 11 is 0. The first-order valence-electron chi connectivity index (χ1n) is 4.86. The summed E-state index contributed by atoms with van der Waals surface area (Å²) in [5, 5.41) is 12.1. The highest BCUT2D eigenvalue weighted by Crippen LogP contribution is 2.37. The van der Waals surface area contributed by atoms with E-state index in [0.717, 1.165) is 13.1 Å².